The molecule has 17 heavy (non-hydrogen) atoms. The molecule has 0 radical (unpaired) electrons. The van der Waals surface area contributed by atoms with Crippen molar-refractivity contribution in [2.75, 3.05) is 27.3 Å². The second kappa shape index (κ2) is 6.79. The number of nitrogens with zero attached hydrogens (tertiary/aromatic N) is 1. The third kappa shape index (κ3) is 3.84. The van der Waals surface area contributed by atoms with Crippen LogP contribution >= 0.6 is 0 Å². The lowest BCUT2D eigenvalue weighted by Crippen LogP contribution is -2.43. The van der Waals surface area contributed by atoms with Crippen molar-refractivity contribution in [3.8, 4) is 0 Å². The van der Waals surface area contributed by atoms with Crippen LogP contribution in [0.5, 0.6) is 0 Å². The van der Waals surface area contributed by atoms with Crippen molar-refractivity contribution in [1.82, 2.24) is 4.90 Å². The molecule has 0 aromatic carbocycles. The van der Waals surface area contributed by atoms with Gasteiger partial charge >= 0.3 is 0 Å². The van der Waals surface area contributed by atoms with Gasteiger partial charge in [-0.25, -0.2) is 0 Å². The normalized spacial score (nSPS) is 15.2. The molecule has 0 saturated carbocycles. The van der Waals surface area contributed by atoms with E-state index in [1.807, 2.05) is 13.0 Å². The van der Waals surface area contributed by atoms with Gasteiger partial charge in [-0.15, -0.1) is 0 Å². The van der Waals surface area contributed by atoms with Crippen LogP contribution in [-0.4, -0.2) is 38.3 Å². The predicted molar refractivity (Wildman–Crippen MR) is 68.8 cm³/mol. The van der Waals surface area contributed by atoms with Crippen LogP contribution in [0.25, 0.3) is 0 Å². The Morgan fingerprint density at radius 3 is 2.71 bits per heavy atom. The van der Waals surface area contributed by atoms with Crippen LogP contribution in [0.4, 0.5) is 0 Å². The molecule has 2 N–H and O–H groups in total. The number of methoxy groups -OCH3 is 1. The minimum atomic E-state index is 0.323. The number of hydrogen-bond donors (Lipinski definition) is 1. The predicted octanol–water partition coefficient (Wildman–Crippen LogP) is 1.63. The highest BCUT2D eigenvalue weighted by Gasteiger charge is 2.21. The van der Waals surface area contributed by atoms with Gasteiger partial charge in [0.05, 0.1) is 12.9 Å². The Hall–Kier alpha value is -0.840. The average Bonchev–Trinajstić information content (AvgIpc) is 2.66. The molecule has 0 aliphatic rings. The van der Waals surface area contributed by atoms with Crippen molar-refractivity contribution >= 4 is 0 Å². The summed E-state index contributed by atoms with van der Waals surface area (Å²) in [5, 5.41) is 0. The van der Waals surface area contributed by atoms with E-state index >= 15 is 0 Å². The molecule has 0 bridgehead atoms. The number of hydrogen-bond acceptors (Lipinski definition) is 4. The lowest BCUT2D eigenvalue weighted by atomic mass is 10.0. The van der Waals surface area contributed by atoms with E-state index in [0.29, 0.717) is 18.5 Å². The molecule has 0 aliphatic carbocycles. The zero-order valence-corrected chi connectivity index (χ0v) is 11.3. The maximum Gasteiger partial charge on any atom is 0.105 e. The van der Waals surface area contributed by atoms with Crippen LogP contribution in [0.15, 0.2) is 16.7 Å². The highest BCUT2D eigenvalue weighted by atomic mass is 16.5. The van der Waals surface area contributed by atoms with Gasteiger partial charge in [-0.3, -0.25) is 4.90 Å². The molecule has 2 unspecified atom stereocenters. The quantitative estimate of drug-likeness (QED) is 0.787. The van der Waals surface area contributed by atoms with Crippen LogP contribution in [-0.2, 0) is 11.3 Å². The number of aryl methyl sites for hydroxylation is 1. The molecule has 1 aromatic heterocycles. The number of ether oxygens (including phenoxy) is 1. The van der Waals surface area contributed by atoms with E-state index in [4.69, 9.17) is 14.9 Å². The molecule has 0 fully saturated rings. The van der Waals surface area contributed by atoms with Gasteiger partial charge in [0.25, 0.3) is 0 Å². The molecule has 4 nitrogen and oxygen atoms in total. The summed E-state index contributed by atoms with van der Waals surface area (Å²) in [6.07, 6.45) is 1.73. The maximum absolute atomic E-state index is 5.85. The van der Waals surface area contributed by atoms with Crippen molar-refractivity contribution in [3.63, 3.8) is 0 Å². The third-order valence-corrected chi connectivity index (χ3v) is 3.28. The molecule has 0 aliphatic heterocycles. The molecule has 1 aromatic rings. The topological polar surface area (TPSA) is 51.6 Å². The highest BCUT2D eigenvalue weighted by Crippen LogP contribution is 2.16. The van der Waals surface area contributed by atoms with Crippen molar-refractivity contribution in [3.05, 3.63) is 23.7 Å². The molecular weight excluding hydrogens is 216 g/mol. The largest absolute Gasteiger partial charge is 0.469 e. The Bertz CT molecular complexity index is 325. The van der Waals surface area contributed by atoms with Gasteiger partial charge in [-0.2, -0.15) is 0 Å². The first-order chi connectivity index (χ1) is 8.10. The molecule has 98 valence electrons. The molecule has 0 spiro atoms. The van der Waals surface area contributed by atoms with Gasteiger partial charge in [-0.1, -0.05) is 6.92 Å². The van der Waals surface area contributed by atoms with E-state index in [2.05, 4.69) is 18.9 Å². The maximum atomic E-state index is 5.85. The minimum Gasteiger partial charge on any atom is -0.469 e. The smallest absolute Gasteiger partial charge is 0.105 e. The lowest BCUT2D eigenvalue weighted by molar-refractivity contribution is 0.0951. The third-order valence-electron chi connectivity index (χ3n) is 3.28. The first-order valence-corrected chi connectivity index (χ1v) is 6.02. The minimum absolute atomic E-state index is 0.323. The fourth-order valence-electron chi connectivity index (χ4n) is 2.18. The Morgan fingerprint density at radius 1 is 1.53 bits per heavy atom. The van der Waals surface area contributed by atoms with Crippen molar-refractivity contribution in [1.29, 1.82) is 0 Å². The van der Waals surface area contributed by atoms with Gasteiger partial charge < -0.3 is 14.9 Å². The standard InChI is InChI=1S/C13H24N2O2/c1-10(9-16-4)13(7-14)15(3)8-12-5-6-17-11(12)2/h5-6,10,13H,7-9,14H2,1-4H3. The van der Waals surface area contributed by atoms with Crippen LogP contribution in [0, 0.1) is 12.8 Å². The van der Waals surface area contributed by atoms with Crippen LogP contribution in [0.3, 0.4) is 0 Å². The Kier molecular flexibility index (Phi) is 5.68. The summed E-state index contributed by atoms with van der Waals surface area (Å²) in [4.78, 5) is 2.27. The summed E-state index contributed by atoms with van der Waals surface area (Å²) in [5.41, 5.74) is 7.07. The second-order valence-corrected chi connectivity index (χ2v) is 4.65. The summed E-state index contributed by atoms with van der Waals surface area (Å²) in [7, 11) is 3.82. The first-order valence-electron chi connectivity index (χ1n) is 6.02. The van der Waals surface area contributed by atoms with E-state index in [1.165, 1.54) is 5.56 Å². The summed E-state index contributed by atoms with van der Waals surface area (Å²) in [6, 6.07) is 2.34. The SMILES string of the molecule is COCC(C)C(CN)N(C)Cc1ccoc1C. The summed E-state index contributed by atoms with van der Waals surface area (Å²) >= 11 is 0. The fraction of sp³-hybridized carbons (Fsp3) is 0.692. The number of furan rings is 1. The number of rotatable bonds is 7. The van der Waals surface area contributed by atoms with Gasteiger partial charge in [-0.05, 0) is 26.0 Å². The monoisotopic (exact) mass is 240 g/mol. The molecular formula is C13H24N2O2. The zero-order chi connectivity index (χ0) is 12.8. The molecule has 1 heterocycles. The lowest BCUT2D eigenvalue weighted by Gasteiger charge is -2.31. The molecule has 1 rings (SSSR count). The van der Waals surface area contributed by atoms with E-state index < -0.39 is 0 Å². The first kappa shape index (κ1) is 14.2. The number of likely N-dealkylation sites (N-methyl/N-ethyl adjacent to an activating group) is 1. The van der Waals surface area contributed by atoms with Crippen LogP contribution in [0.2, 0.25) is 0 Å². The second-order valence-electron chi connectivity index (χ2n) is 4.65. The molecule has 0 amide bonds. The molecule has 4 heteroatoms. The van der Waals surface area contributed by atoms with Crippen molar-refractivity contribution in [2.45, 2.75) is 26.4 Å². The van der Waals surface area contributed by atoms with Gasteiger partial charge in [0.1, 0.15) is 5.76 Å². The summed E-state index contributed by atoms with van der Waals surface area (Å²) in [5.74, 6) is 1.40. The molecule has 0 saturated heterocycles. The van der Waals surface area contributed by atoms with Gasteiger partial charge in [0.15, 0.2) is 0 Å². The van der Waals surface area contributed by atoms with Crippen LogP contribution in [0.1, 0.15) is 18.2 Å². The fourth-order valence-corrected chi connectivity index (χ4v) is 2.18. The van der Waals surface area contributed by atoms with Crippen molar-refractivity contribution < 1.29 is 9.15 Å². The summed E-state index contributed by atoms with van der Waals surface area (Å²) in [6.45, 7) is 6.38. The Labute approximate surface area is 104 Å². The average molecular weight is 240 g/mol. The Morgan fingerprint density at radius 2 is 2.24 bits per heavy atom. The molecule has 2 atom stereocenters. The van der Waals surface area contributed by atoms with E-state index in [-0.39, 0.29) is 0 Å². The van der Waals surface area contributed by atoms with E-state index in [9.17, 15) is 0 Å². The highest BCUT2D eigenvalue weighted by molar-refractivity contribution is 5.15. The van der Waals surface area contributed by atoms with Gasteiger partial charge in [0, 0.05) is 31.8 Å². The van der Waals surface area contributed by atoms with E-state index in [1.54, 1.807) is 13.4 Å². The zero-order valence-electron chi connectivity index (χ0n) is 11.3. The number of nitrogens with two attached hydrogens (primary N) is 1. The van der Waals surface area contributed by atoms with Gasteiger partial charge in [0.2, 0.25) is 0 Å². The Balaban J connectivity index is 2.60. The summed E-state index contributed by atoms with van der Waals surface area (Å²) < 4.78 is 10.5. The van der Waals surface area contributed by atoms with Crippen molar-refractivity contribution in [2.24, 2.45) is 11.7 Å². The van der Waals surface area contributed by atoms with E-state index in [0.717, 1.165) is 18.9 Å². The van der Waals surface area contributed by atoms with Crippen LogP contribution < -0.4 is 5.73 Å².